The molecule has 1 aliphatic rings. The first kappa shape index (κ1) is 20.9. The Labute approximate surface area is 172 Å². The van der Waals surface area contributed by atoms with Crippen LogP contribution < -0.4 is 20.7 Å². The van der Waals surface area contributed by atoms with Crippen molar-refractivity contribution in [2.45, 2.75) is 26.2 Å². The maximum absolute atomic E-state index is 12.7. The van der Waals surface area contributed by atoms with Gasteiger partial charge in [0.2, 0.25) is 5.91 Å². The van der Waals surface area contributed by atoms with Crippen LogP contribution in [0.2, 0.25) is 0 Å². The first-order chi connectivity index (χ1) is 14.1. The average Bonchev–Trinajstić information content (AvgIpc) is 2.75. The topological polar surface area (TPSA) is 79.5 Å². The highest BCUT2D eigenvalue weighted by atomic mass is 16.5. The molecule has 3 rings (SSSR count). The lowest BCUT2D eigenvalue weighted by molar-refractivity contribution is -0.117. The summed E-state index contributed by atoms with van der Waals surface area (Å²) >= 11 is 0. The van der Waals surface area contributed by atoms with E-state index in [9.17, 15) is 9.59 Å². The first-order valence-electron chi connectivity index (χ1n) is 10.1. The van der Waals surface area contributed by atoms with Gasteiger partial charge in [-0.25, -0.2) is 0 Å². The summed E-state index contributed by atoms with van der Waals surface area (Å²) in [7, 11) is 1.60. The minimum absolute atomic E-state index is 0.0622. The Bertz CT molecular complexity index is 830. The molecule has 2 aromatic rings. The Kier molecular flexibility index (Phi) is 7.25. The van der Waals surface area contributed by atoms with Crippen LogP contribution in [0.3, 0.4) is 0 Å². The molecule has 2 atom stereocenters. The summed E-state index contributed by atoms with van der Waals surface area (Å²) in [4.78, 5) is 25.3. The van der Waals surface area contributed by atoms with Gasteiger partial charge in [0, 0.05) is 12.1 Å². The predicted molar refractivity (Wildman–Crippen MR) is 115 cm³/mol. The van der Waals surface area contributed by atoms with Crippen LogP contribution in [0.1, 0.15) is 36.5 Å². The third-order valence-electron chi connectivity index (χ3n) is 5.44. The number of rotatable bonds is 7. The van der Waals surface area contributed by atoms with Gasteiger partial charge in [-0.2, -0.15) is 0 Å². The van der Waals surface area contributed by atoms with Crippen molar-refractivity contribution >= 4 is 23.2 Å². The van der Waals surface area contributed by atoms with Crippen molar-refractivity contribution in [1.29, 1.82) is 0 Å². The minimum Gasteiger partial charge on any atom is -0.497 e. The molecule has 6 nitrogen and oxygen atoms in total. The summed E-state index contributed by atoms with van der Waals surface area (Å²) in [5.74, 6) is 1.20. The fourth-order valence-corrected chi connectivity index (χ4v) is 3.69. The van der Waals surface area contributed by atoms with Crippen LogP contribution in [0.25, 0.3) is 0 Å². The van der Waals surface area contributed by atoms with Gasteiger partial charge in [-0.3, -0.25) is 9.59 Å². The number of carbonyl (C=O) groups excluding carboxylic acids is 2. The van der Waals surface area contributed by atoms with E-state index < -0.39 is 0 Å². The highest BCUT2D eigenvalue weighted by Gasteiger charge is 2.22. The van der Waals surface area contributed by atoms with Crippen LogP contribution in [0.5, 0.6) is 5.75 Å². The molecule has 2 amide bonds. The second kappa shape index (κ2) is 10.1. The van der Waals surface area contributed by atoms with Crippen molar-refractivity contribution in [2.24, 2.45) is 11.8 Å². The van der Waals surface area contributed by atoms with Crippen molar-refractivity contribution in [2.75, 3.05) is 30.8 Å². The van der Waals surface area contributed by atoms with Gasteiger partial charge in [-0.15, -0.1) is 0 Å². The fraction of sp³-hybridized carbons (Fsp3) is 0.391. The lowest BCUT2D eigenvalue weighted by Gasteiger charge is -2.28. The maximum atomic E-state index is 12.7. The standard InChI is InChI=1S/C23H29N3O3/c1-16(17-6-5-13-24-15-17)14-22(27)26-21-8-4-3-7-20(21)23(28)25-18-9-11-19(29-2)12-10-18/h3-4,7-12,16-17,24H,5-6,13-15H2,1-2H3,(H,25,28)(H,26,27). The number of para-hydroxylation sites is 1. The second-order valence-corrected chi connectivity index (χ2v) is 7.56. The minimum atomic E-state index is -0.268. The van der Waals surface area contributed by atoms with Crippen LogP contribution in [-0.2, 0) is 4.79 Å². The highest BCUT2D eigenvalue weighted by Crippen LogP contribution is 2.24. The molecule has 0 radical (unpaired) electrons. The number of piperidine rings is 1. The number of ether oxygens (including phenoxy) is 1. The molecule has 154 valence electrons. The molecule has 29 heavy (non-hydrogen) atoms. The van der Waals surface area contributed by atoms with Gasteiger partial charge < -0.3 is 20.7 Å². The first-order valence-corrected chi connectivity index (χ1v) is 10.1. The quantitative estimate of drug-likeness (QED) is 0.664. The van der Waals surface area contributed by atoms with E-state index in [0.29, 0.717) is 35.2 Å². The van der Waals surface area contributed by atoms with Gasteiger partial charge in [0.25, 0.3) is 5.91 Å². The molecule has 0 aromatic heterocycles. The number of hydrogen-bond donors (Lipinski definition) is 3. The Hall–Kier alpha value is -2.86. The monoisotopic (exact) mass is 395 g/mol. The average molecular weight is 396 g/mol. The molecular weight excluding hydrogens is 366 g/mol. The van der Waals surface area contributed by atoms with Crippen LogP contribution in [-0.4, -0.2) is 32.0 Å². The summed E-state index contributed by atoms with van der Waals surface area (Å²) < 4.78 is 5.13. The van der Waals surface area contributed by atoms with Crippen molar-refractivity contribution in [3.63, 3.8) is 0 Å². The van der Waals surface area contributed by atoms with Crippen LogP contribution in [0, 0.1) is 11.8 Å². The third-order valence-corrected chi connectivity index (χ3v) is 5.44. The van der Waals surface area contributed by atoms with Gasteiger partial charge in [-0.1, -0.05) is 19.1 Å². The summed E-state index contributed by atoms with van der Waals surface area (Å²) in [6, 6.07) is 14.2. The van der Waals surface area contributed by atoms with E-state index in [2.05, 4.69) is 22.9 Å². The number of amides is 2. The van der Waals surface area contributed by atoms with E-state index in [1.807, 2.05) is 6.07 Å². The lowest BCUT2D eigenvalue weighted by atomic mass is 9.85. The molecule has 1 fully saturated rings. The smallest absolute Gasteiger partial charge is 0.257 e. The molecular formula is C23H29N3O3. The molecule has 0 bridgehead atoms. The van der Waals surface area contributed by atoms with E-state index in [4.69, 9.17) is 4.74 Å². The maximum Gasteiger partial charge on any atom is 0.257 e. The van der Waals surface area contributed by atoms with Gasteiger partial charge in [0.15, 0.2) is 0 Å². The molecule has 1 saturated heterocycles. The number of carbonyl (C=O) groups is 2. The highest BCUT2D eigenvalue weighted by molar-refractivity contribution is 6.10. The lowest BCUT2D eigenvalue weighted by Crippen LogP contribution is -2.34. The Morgan fingerprint density at radius 2 is 1.90 bits per heavy atom. The summed E-state index contributed by atoms with van der Waals surface area (Å²) in [5.41, 5.74) is 1.62. The molecule has 0 saturated carbocycles. The zero-order valence-corrected chi connectivity index (χ0v) is 17.0. The van der Waals surface area contributed by atoms with Crippen molar-refractivity contribution in [1.82, 2.24) is 5.32 Å². The molecule has 2 unspecified atom stereocenters. The Balaban J connectivity index is 1.62. The number of methoxy groups -OCH3 is 1. The zero-order valence-electron chi connectivity index (χ0n) is 17.0. The van der Waals surface area contributed by atoms with E-state index in [1.165, 1.54) is 0 Å². The number of nitrogens with one attached hydrogen (secondary N) is 3. The van der Waals surface area contributed by atoms with Crippen LogP contribution in [0.4, 0.5) is 11.4 Å². The van der Waals surface area contributed by atoms with Crippen molar-refractivity contribution in [3.05, 3.63) is 54.1 Å². The van der Waals surface area contributed by atoms with Gasteiger partial charge >= 0.3 is 0 Å². The third kappa shape index (κ3) is 5.81. The SMILES string of the molecule is COc1ccc(NC(=O)c2ccccc2NC(=O)CC(C)C2CCCNC2)cc1. The fourth-order valence-electron chi connectivity index (χ4n) is 3.69. The van der Waals surface area contributed by atoms with Crippen molar-refractivity contribution in [3.8, 4) is 5.75 Å². The van der Waals surface area contributed by atoms with E-state index in [1.54, 1.807) is 49.6 Å². The van der Waals surface area contributed by atoms with E-state index >= 15 is 0 Å². The molecule has 1 heterocycles. The summed E-state index contributed by atoms with van der Waals surface area (Å²) in [6.07, 6.45) is 2.76. The molecule has 3 N–H and O–H groups in total. The molecule has 2 aromatic carbocycles. The van der Waals surface area contributed by atoms with Crippen LogP contribution >= 0.6 is 0 Å². The Morgan fingerprint density at radius 1 is 1.14 bits per heavy atom. The molecule has 6 heteroatoms. The van der Waals surface area contributed by atoms with Crippen LogP contribution in [0.15, 0.2) is 48.5 Å². The zero-order chi connectivity index (χ0) is 20.6. The van der Waals surface area contributed by atoms with Crippen molar-refractivity contribution < 1.29 is 14.3 Å². The largest absolute Gasteiger partial charge is 0.497 e. The van der Waals surface area contributed by atoms with Gasteiger partial charge in [0.1, 0.15) is 5.75 Å². The summed E-state index contributed by atoms with van der Waals surface area (Å²) in [5, 5.41) is 9.19. The molecule has 1 aliphatic heterocycles. The molecule has 0 spiro atoms. The van der Waals surface area contributed by atoms with E-state index in [-0.39, 0.29) is 11.8 Å². The number of hydrogen-bond acceptors (Lipinski definition) is 4. The van der Waals surface area contributed by atoms with E-state index in [0.717, 1.165) is 31.7 Å². The van der Waals surface area contributed by atoms with Gasteiger partial charge in [-0.05, 0) is 74.2 Å². The predicted octanol–water partition coefficient (Wildman–Crippen LogP) is 3.91. The molecule has 0 aliphatic carbocycles. The second-order valence-electron chi connectivity index (χ2n) is 7.56. The van der Waals surface area contributed by atoms with Gasteiger partial charge in [0.05, 0.1) is 18.4 Å². The summed E-state index contributed by atoms with van der Waals surface area (Å²) in [6.45, 7) is 4.15. The normalized spacial score (nSPS) is 17.2. The number of benzene rings is 2. The Morgan fingerprint density at radius 3 is 2.59 bits per heavy atom. The number of anilines is 2.